The number of hydrogen-bond donors (Lipinski definition) is 3. The van der Waals surface area contributed by atoms with Gasteiger partial charge < -0.3 is 30.1 Å². The Hall–Kier alpha value is -2.94. The lowest BCUT2D eigenvalue weighted by atomic mass is 10.1. The molecule has 2 aromatic rings. The molecule has 2 amide bonds. The molecule has 2 aliphatic heterocycles. The molecule has 1 unspecified atom stereocenters. The first-order chi connectivity index (χ1) is 14.5. The standard InChI is InChI=1S/C22H25N3O5/c26-17(9-10-25-21(28)18-3-1-2-4-19(18)22(25)29)13-23-15-5-7-16(8-6-15)24-11-12-30-14-20(24)27/h1-8,17,21,23,26,28H,9-14H2/t17-,21?/m1/s1. The van der Waals surface area contributed by atoms with Gasteiger partial charge >= 0.3 is 0 Å². The lowest BCUT2D eigenvalue weighted by Gasteiger charge is -2.27. The maximum Gasteiger partial charge on any atom is 0.256 e. The molecule has 1 fully saturated rings. The number of carbonyl (C=O) groups is 2. The number of aliphatic hydroxyl groups excluding tert-OH is 2. The van der Waals surface area contributed by atoms with Crippen molar-refractivity contribution in [2.24, 2.45) is 0 Å². The number of benzene rings is 2. The zero-order valence-corrected chi connectivity index (χ0v) is 16.5. The fraction of sp³-hybridized carbons (Fsp3) is 0.364. The van der Waals surface area contributed by atoms with Crippen LogP contribution in [0.1, 0.15) is 28.6 Å². The smallest absolute Gasteiger partial charge is 0.256 e. The summed E-state index contributed by atoms with van der Waals surface area (Å²) < 4.78 is 5.14. The number of rotatable bonds is 7. The molecule has 0 spiro atoms. The van der Waals surface area contributed by atoms with Crippen LogP contribution >= 0.6 is 0 Å². The van der Waals surface area contributed by atoms with Crippen molar-refractivity contribution in [2.75, 3.05) is 43.1 Å². The highest BCUT2D eigenvalue weighted by atomic mass is 16.5. The van der Waals surface area contributed by atoms with Gasteiger partial charge in [0.15, 0.2) is 6.23 Å². The molecule has 2 heterocycles. The third-order valence-corrected chi connectivity index (χ3v) is 5.44. The molecule has 0 aliphatic carbocycles. The first-order valence-electron chi connectivity index (χ1n) is 10.0. The van der Waals surface area contributed by atoms with Crippen molar-refractivity contribution in [2.45, 2.75) is 18.8 Å². The van der Waals surface area contributed by atoms with Gasteiger partial charge in [-0.15, -0.1) is 0 Å². The molecule has 4 rings (SSSR count). The Balaban J connectivity index is 1.26. The van der Waals surface area contributed by atoms with Gasteiger partial charge in [-0.1, -0.05) is 18.2 Å². The number of fused-ring (bicyclic) bond motifs is 1. The zero-order valence-electron chi connectivity index (χ0n) is 16.5. The molecule has 8 nitrogen and oxygen atoms in total. The summed E-state index contributed by atoms with van der Waals surface area (Å²) in [5, 5.41) is 23.8. The van der Waals surface area contributed by atoms with E-state index in [0.29, 0.717) is 37.2 Å². The Kier molecular flexibility index (Phi) is 5.98. The zero-order chi connectivity index (χ0) is 21.1. The third-order valence-electron chi connectivity index (χ3n) is 5.44. The number of carbonyl (C=O) groups excluding carboxylic acids is 2. The second-order valence-corrected chi connectivity index (χ2v) is 7.43. The second-order valence-electron chi connectivity index (χ2n) is 7.43. The molecular weight excluding hydrogens is 386 g/mol. The van der Waals surface area contributed by atoms with Crippen LogP contribution in [-0.4, -0.2) is 65.9 Å². The molecule has 0 saturated carbocycles. The first-order valence-corrected chi connectivity index (χ1v) is 10.0. The van der Waals surface area contributed by atoms with E-state index < -0.39 is 12.3 Å². The van der Waals surface area contributed by atoms with Gasteiger partial charge in [0.2, 0.25) is 0 Å². The number of anilines is 2. The monoisotopic (exact) mass is 411 g/mol. The topological polar surface area (TPSA) is 102 Å². The lowest BCUT2D eigenvalue weighted by Crippen LogP contribution is -2.41. The number of morpholine rings is 1. The average molecular weight is 411 g/mol. The van der Waals surface area contributed by atoms with Crippen LogP contribution in [0.5, 0.6) is 0 Å². The molecule has 3 N–H and O–H groups in total. The SMILES string of the molecule is O=C1COCCN1c1ccc(NC[C@H](O)CCN2C(=O)c3ccccc3C2O)cc1. The van der Waals surface area contributed by atoms with Gasteiger partial charge in [0.25, 0.3) is 11.8 Å². The van der Waals surface area contributed by atoms with Crippen molar-refractivity contribution in [3.05, 3.63) is 59.7 Å². The number of ether oxygens (including phenoxy) is 1. The van der Waals surface area contributed by atoms with E-state index in [2.05, 4.69) is 5.32 Å². The molecule has 8 heteroatoms. The maximum atomic E-state index is 12.4. The van der Waals surface area contributed by atoms with Crippen molar-refractivity contribution >= 4 is 23.2 Å². The molecule has 30 heavy (non-hydrogen) atoms. The largest absolute Gasteiger partial charge is 0.391 e. The minimum atomic E-state index is -0.968. The van der Waals surface area contributed by atoms with Gasteiger partial charge in [-0.2, -0.15) is 0 Å². The second kappa shape index (κ2) is 8.83. The van der Waals surface area contributed by atoms with Gasteiger partial charge in [0.1, 0.15) is 6.61 Å². The van der Waals surface area contributed by atoms with E-state index in [1.165, 1.54) is 4.90 Å². The Bertz CT molecular complexity index is 917. The Morgan fingerprint density at radius 3 is 2.63 bits per heavy atom. The predicted octanol–water partition coefficient (Wildman–Crippen LogP) is 1.36. The summed E-state index contributed by atoms with van der Waals surface area (Å²) in [6.07, 6.45) is -1.32. The molecule has 2 atom stereocenters. The van der Waals surface area contributed by atoms with Gasteiger partial charge in [-0.25, -0.2) is 0 Å². The van der Waals surface area contributed by atoms with Crippen LogP contribution in [0.2, 0.25) is 0 Å². The molecule has 0 radical (unpaired) electrons. The third kappa shape index (κ3) is 4.16. The maximum absolute atomic E-state index is 12.4. The van der Waals surface area contributed by atoms with E-state index in [-0.39, 0.29) is 25.0 Å². The summed E-state index contributed by atoms with van der Waals surface area (Å²) in [6, 6.07) is 14.4. The first kappa shape index (κ1) is 20.3. The molecule has 1 saturated heterocycles. The Labute approximate surface area is 174 Å². The highest BCUT2D eigenvalue weighted by Gasteiger charge is 2.34. The fourth-order valence-electron chi connectivity index (χ4n) is 3.75. The van der Waals surface area contributed by atoms with E-state index in [1.807, 2.05) is 24.3 Å². The molecular formula is C22H25N3O5. The van der Waals surface area contributed by atoms with Crippen molar-refractivity contribution in [1.29, 1.82) is 0 Å². The predicted molar refractivity (Wildman–Crippen MR) is 111 cm³/mol. The minimum absolute atomic E-state index is 0.0572. The van der Waals surface area contributed by atoms with Gasteiger partial charge in [-0.3, -0.25) is 9.59 Å². The van der Waals surface area contributed by atoms with Crippen LogP contribution in [0.4, 0.5) is 11.4 Å². The molecule has 0 bridgehead atoms. The number of aliphatic hydroxyl groups is 2. The summed E-state index contributed by atoms with van der Waals surface area (Å²) in [4.78, 5) is 27.4. The summed E-state index contributed by atoms with van der Waals surface area (Å²) in [5.74, 6) is -0.273. The van der Waals surface area contributed by atoms with Crippen molar-refractivity contribution in [3.63, 3.8) is 0 Å². The Morgan fingerprint density at radius 2 is 1.90 bits per heavy atom. The number of hydrogen-bond acceptors (Lipinski definition) is 6. The normalized spacial score (nSPS) is 19.7. The average Bonchev–Trinajstić information content (AvgIpc) is 3.02. The summed E-state index contributed by atoms with van der Waals surface area (Å²) in [6.45, 7) is 1.73. The molecule has 2 aromatic carbocycles. The van der Waals surface area contributed by atoms with Gasteiger partial charge in [0, 0.05) is 42.1 Å². The van der Waals surface area contributed by atoms with Crippen LogP contribution < -0.4 is 10.2 Å². The highest BCUT2D eigenvalue weighted by molar-refractivity contribution is 5.98. The van der Waals surface area contributed by atoms with Crippen LogP contribution in [-0.2, 0) is 9.53 Å². The summed E-state index contributed by atoms with van der Waals surface area (Å²) in [7, 11) is 0. The quantitative estimate of drug-likeness (QED) is 0.636. The van der Waals surface area contributed by atoms with E-state index in [1.54, 1.807) is 29.2 Å². The van der Waals surface area contributed by atoms with E-state index in [0.717, 1.165) is 11.4 Å². The Morgan fingerprint density at radius 1 is 1.13 bits per heavy atom. The van der Waals surface area contributed by atoms with Gasteiger partial charge in [0.05, 0.1) is 12.7 Å². The van der Waals surface area contributed by atoms with Crippen LogP contribution in [0.25, 0.3) is 0 Å². The van der Waals surface area contributed by atoms with Gasteiger partial charge in [-0.05, 0) is 36.8 Å². The highest BCUT2D eigenvalue weighted by Crippen LogP contribution is 2.31. The van der Waals surface area contributed by atoms with E-state index in [4.69, 9.17) is 4.74 Å². The van der Waals surface area contributed by atoms with E-state index in [9.17, 15) is 19.8 Å². The molecule has 2 aliphatic rings. The van der Waals surface area contributed by atoms with Crippen molar-refractivity contribution < 1.29 is 24.5 Å². The van der Waals surface area contributed by atoms with Crippen LogP contribution in [0, 0.1) is 0 Å². The molecule has 0 aromatic heterocycles. The van der Waals surface area contributed by atoms with E-state index >= 15 is 0 Å². The number of amides is 2. The van der Waals surface area contributed by atoms with Crippen molar-refractivity contribution in [3.8, 4) is 0 Å². The van der Waals surface area contributed by atoms with Crippen LogP contribution in [0.15, 0.2) is 48.5 Å². The number of nitrogens with zero attached hydrogens (tertiary/aromatic N) is 2. The summed E-state index contributed by atoms with van der Waals surface area (Å²) in [5.41, 5.74) is 2.75. The van der Waals surface area contributed by atoms with Crippen LogP contribution in [0.3, 0.4) is 0 Å². The lowest BCUT2D eigenvalue weighted by molar-refractivity contribution is -0.125. The van der Waals surface area contributed by atoms with Crippen molar-refractivity contribution in [1.82, 2.24) is 4.90 Å². The fourth-order valence-corrected chi connectivity index (χ4v) is 3.75. The molecule has 158 valence electrons. The minimum Gasteiger partial charge on any atom is -0.391 e. The summed E-state index contributed by atoms with van der Waals surface area (Å²) >= 11 is 0. The number of nitrogens with one attached hydrogen (secondary N) is 1.